The molecule has 1 aromatic heterocycles. The van der Waals surface area contributed by atoms with Crippen LogP contribution < -0.4 is 0 Å². The first-order valence-electron chi connectivity index (χ1n) is 8.70. The Labute approximate surface area is 138 Å². The number of nitrogens with one attached hydrogen (secondary N) is 1. The molecule has 2 heterocycles. The second-order valence-corrected chi connectivity index (χ2v) is 7.15. The van der Waals surface area contributed by atoms with Crippen molar-refractivity contribution in [1.29, 1.82) is 0 Å². The number of H-pyrrole nitrogens is 1. The Bertz CT molecular complexity index is 790. The molecule has 0 spiro atoms. The summed E-state index contributed by atoms with van der Waals surface area (Å²) in [6.07, 6.45) is 6.21. The van der Waals surface area contributed by atoms with Crippen LogP contribution in [0, 0.1) is 0 Å². The molecule has 2 aromatic carbocycles. The molecule has 2 nitrogen and oxygen atoms in total. The number of rotatable bonds is 3. The molecule has 3 aromatic rings. The van der Waals surface area contributed by atoms with Crippen molar-refractivity contribution in [3.8, 4) is 0 Å². The lowest BCUT2D eigenvalue weighted by atomic mass is 9.91. The van der Waals surface area contributed by atoms with Crippen LogP contribution >= 0.6 is 0 Å². The topological polar surface area (TPSA) is 15.8 Å². The van der Waals surface area contributed by atoms with Gasteiger partial charge in [0.2, 0.25) is 0 Å². The maximum absolute atomic E-state index is 3.48. The maximum atomic E-state index is 3.48. The number of para-hydroxylation sites is 1. The molecule has 1 unspecified atom stereocenters. The normalized spacial score (nSPS) is 24.8. The molecular weight excluding hydrogens is 280 g/mol. The molecule has 1 fully saturated rings. The van der Waals surface area contributed by atoms with Gasteiger partial charge in [-0.05, 0) is 18.9 Å². The molecule has 1 N–H and O–H groups in total. The second kappa shape index (κ2) is 5.86. The fourth-order valence-corrected chi connectivity index (χ4v) is 4.33. The van der Waals surface area contributed by atoms with E-state index in [1.807, 2.05) is 0 Å². The van der Waals surface area contributed by atoms with Crippen LogP contribution in [0.15, 0.2) is 60.8 Å². The summed E-state index contributed by atoms with van der Waals surface area (Å²) in [7, 11) is 2.44. The quantitative estimate of drug-likeness (QED) is 0.653. The van der Waals surface area contributed by atoms with Crippen molar-refractivity contribution >= 4 is 10.9 Å². The first-order valence-corrected chi connectivity index (χ1v) is 8.70. The van der Waals surface area contributed by atoms with E-state index in [2.05, 4.69) is 72.8 Å². The largest absolute Gasteiger partial charge is 0.361 e. The standard InChI is InChI=1S/C21H25N2/c1-23(16-17-9-3-2-4-10-17)14-8-7-13-21(23)19-15-22-20-12-6-5-11-18(19)20/h2-6,9-12,15,21-22H,7-8,13-14,16H2,1H3/q+1/t21-,23?/m1/s1. The molecule has 1 saturated heterocycles. The highest BCUT2D eigenvalue weighted by Gasteiger charge is 2.37. The lowest BCUT2D eigenvalue weighted by Gasteiger charge is -2.45. The van der Waals surface area contributed by atoms with Crippen LogP contribution in [-0.2, 0) is 6.54 Å². The molecule has 0 aliphatic carbocycles. The van der Waals surface area contributed by atoms with E-state index in [1.165, 1.54) is 47.8 Å². The predicted molar refractivity (Wildman–Crippen MR) is 96.1 cm³/mol. The Morgan fingerprint density at radius 3 is 2.65 bits per heavy atom. The predicted octanol–water partition coefficient (Wildman–Crippen LogP) is 5.04. The number of nitrogens with zero attached hydrogens (tertiary/aromatic N) is 1. The van der Waals surface area contributed by atoms with E-state index in [0.717, 1.165) is 11.0 Å². The molecule has 2 heteroatoms. The van der Waals surface area contributed by atoms with Gasteiger partial charge in [-0.1, -0.05) is 48.5 Å². The number of hydrogen-bond acceptors (Lipinski definition) is 0. The van der Waals surface area contributed by atoms with Crippen LogP contribution in [0.25, 0.3) is 10.9 Å². The Morgan fingerprint density at radius 2 is 1.78 bits per heavy atom. The first kappa shape index (κ1) is 14.5. The van der Waals surface area contributed by atoms with E-state index >= 15 is 0 Å². The van der Waals surface area contributed by atoms with Gasteiger partial charge in [-0.2, -0.15) is 0 Å². The summed E-state index contributed by atoms with van der Waals surface area (Å²) >= 11 is 0. The van der Waals surface area contributed by atoms with Gasteiger partial charge < -0.3 is 9.47 Å². The van der Waals surface area contributed by atoms with Crippen LogP contribution in [-0.4, -0.2) is 23.1 Å². The molecule has 118 valence electrons. The van der Waals surface area contributed by atoms with E-state index in [4.69, 9.17) is 0 Å². The summed E-state index contributed by atoms with van der Waals surface area (Å²) in [4.78, 5) is 3.48. The van der Waals surface area contributed by atoms with E-state index < -0.39 is 0 Å². The maximum Gasteiger partial charge on any atom is 0.117 e. The third-order valence-corrected chi connectivity index (χ3v) is 5.52. The molecule has 0 bridgehead atoms. The van der Waals surface area contributed by atoms with Gasteiger partial charge in [-0.3, -0.25) is 0 Å². The minimum atomic E-state index is 0.583. The third kappa shape index (κ3) is 2.68. The minimum absolute atomic E-state index is 0.583. The van der Waals surface area contributed by atoms with Crippen LogP contribution in [0.3, 0.4) is 0 Å². The Morgan fingerprint density at radius 1 is 1.00 bits per heavy atom. The van der Waals surface area contributed by atoms with Crippen molar-refractivity contribution < 1.29 is 4.48 Å². The SMILES string of the molecule is C[N+]1(Cc2ccccc2)CCCC[C@@H]1c1c[nH]c2ccccc12. The highest BCUT2D eigenvalue weighted by Crippen LogP contribution is 2.40. The zero-order valence-electron chi connectivity index (χ0n) is 13.8. The van der Waals surface area contributed by atoms with Gasteiger partial charge in [0.1, 0.15) is 12.6 Å². The number of aromatic nitrogens is 1. The van der Waals surface area contributed by atoms with E-state index in [1.54, 1.807) is 0 Å². The lowest BCUT2D eigenvalue weighted by Crippen LogP contribution is -2.49. The minimum Gasteiger partial charge on any atom is -0.361 e. The number of likely N-dealkylation sites (tertiary alicyclic amines) is 1. The molecule has 2 atom stereocenters. The second-order valence-electron chi connectivity index (χ2n) is 7.15. The number of quaternary nitrogens is 1. The third-order valence-electron chi connectivity index (χ3n) is 5.52. The van der Waals surface area contributed by atoms with Crippen molar-refractivity contribution in [3.63, 3.8) is 0 Å². The van der Waals surface area contributed by atoms with Crippen LogP contribution in [0.5, 0.6) is 0 Å². The Balaban J connectivity index is 1.73. The highest BCUT2D eigenvalue weighted by molar-refractivity contribution is 5.83. The summed E-state index contributed by atoms with van der Waals surface area (Å²) in [6.45, 7) is 2.38. The average molecular weight is 305 g/mol. The molecular formula is C21H25N2+. The first-order chi connectivity index (χ1) is 11.3. The number of benzene rings is 2. The van der Waals surface area contributed by atoms with E-state index in [-0.39, 0.29) is 0 Å². The fourth-order valence-electron chi connectivity index (χ4n) is 4.33. The summed E-state index contributed by atoms with van der Waals surface area (Å²) in [5.74, 6) is 0. The van der Waals surface area contributed by atoms with Gasteiger partial charge in [0, 0.05) is 34.6 Å². The number of piperidine rings is 1. The zero-order valence-corrected chi connectivity index (χ0v) is 13.8. The lowest BCUT2D eigenvalue weighted by molar-refractivity contribution is -0.956. The van der Waals surface area contributed by atoms with Crippen molar-refractivity contribution in [3.05, 3.63) is 71.9 Å². The van der Waals surface area contributed by atoms with Crippen molar-refractivity contribution in [1.82, 2.24) is 4.98 Å². The summed E-state index contributed by atoms with van der Waals surface area (Å²) in [5, 5.41) is 1.40. The molecule has 4 rings (SSSR count). The van der Waals surface area contributed by atoms with Crippen LogP contribution in [0.2, 0.25) is 0 Å². The molecule has 0 radical (unpaired) electrons. The van der Waals surface area contributed by atoms with Crippen molar-refractivity contribution in [2.24, 2.45) is 0 Å². The van der Waals surface area contributed by atoms with Gasteiger partial charge in [0.05, 0.1) is 13.6 Å². The Kier molecular flexibility index (Phi) is 3.70. The molecule has 0 amide bonds. The molecule has 1 aliphatic rings. The van der Waals surface area contributed by atoms with Gasteiger partial charge >= 0.3 is 0 Å². The smallest absolute Gasteiger partial charge is 0.117 e. The monoisotopic (exact) mass is 305 g/mol. The average Bonchev–Trinajstić information content (AvgIpc) is 3.00. The summed E-state index contributed by atoms with van der Waals surface area (Å²) in [5.41, 5.74) is 4.21. The molecule has 0 saturated carbocycles. The molecule has 23 heavy (non-hydrogen) atoms. The Hall–Kier alpha value is -2.06. The summed E-state index contributed by atoms with van der Waals surface area (Å²) < 4.78 is 1.12. The summed E-state index contributed by atoms with van der Waals surface area (Å²) in [6, 6.07) is 20.3. The van der Waals surface area contributed by atoms with Gasteiger partial charge in [0.15, 0.2) is 0 Å². The highest BCUT2D eigenvalue weighted by atomic mass is 15.4. The fraction of sp³-hybridized carbons (Fsp3) is 0.333. The number of aromatic amines is 1. The number of fused-ring (bicyclic) bond motifs is 1. The van der Waals surface area contributed by atoms with E-state index in [9.17, 15) is 0 Å². The zero-order chi connectivity index (χ0) is 15.7. The van der Waals surface area contributed by atoms with Gasteiger partial charge in [-0.15, -0.1) is 0 Å². The van der Waals surface area contributed by atoms with Gasteiger partial charge in [0.25, 0.3) is 0 Å². The van der Waals surface area contributed by atoms with E-state index in [0.29, 0.717) is 6.04 Å². The van der Waals surface area contributed by atoms with Gasteiger partial charge in [-0.25, -0.2) is 0 Å². The number of hydrogen-bond donors (Lipinski definition) is 1. The van der Waals surface area contributed by atoms with Crippen molar-refractivity contribution in [2.45, 2.75) is 31.8 Å². The van der Waals surface area contributed by atoms with Crippen molar-refractivity contribution in [2.75, 3.05) is 13.6 Å². The van der Waals surface area contributed by atoms with Crippen LogP contribution in [0.4, 0.5) is 0 Å². The van der Waals surface area contributed by atoms with Crippen LogP contribution in [0.1, 0.15) is 36.4 Å². The molecule has 1 aliphatic heterocycles.